The Balaban J connectivity index is 2.26. The smallest absolute Gasteiger partial charge is 0.218 e. The third-order valence-corrected chi connectivity index (χ3v) is 2.85. The van der Waals surface area contributed by atoms with Gasteiger partial charge in [-0.2, -0.15) is 0 Å². The van der Waals surface area contributed by atoms with E-state index in [2.05, 4.69) is 18.3 Å². The van der Waals surface area contributed by atoms with E-state index in [1.165, 1.54) is 4.88 Å². The number of carbonyl (C=O) groups excluding carboxylic acids is 1. The first-order chi connectivity index (χ1) is 6.20. The average Bonchev–Trinajstić information content (AvgIpc) is 2.55. The van der Waals surface area contributed by atoms with Crippen LogP contribution < -0.4 is 11.1 Å². The number of thiophene rings is 1. The molecule has 4 heteroatoms. The minimum Gasteiger partial charge on any atom is -0.370 e. The lowest BCUT2D eigenvalue weighted by molar-refractivity contribution is -0.117. The van der Waals surface area contributed by atoms with E-state index in [9.17, 15) is 4.79 Å². The summed E-state index contributed by atoms with van der Waals surface area (Å²) in [4.78, 5) is 11.7. The van der Waals surface area contributed by atoms with E-state index in [1.54, 1.807) is 11.3 Å². The molecule has 0 radical (unpaired) electrons. The van der Waals surface area contributed by atoms with Crippen molar-refractivity contribution in [3.63, 3.8) is 0 Å². The second-order valence-electron chi connectivity index (χ2n) is 2.91. The van der Waals surface area contributed by atoms with E-state index in [0.29, 0.717) is 19.0 Å². The molecule has 0 bridgehead atoms. The molecule has 0 spiro atoms. The third kappa shape index (κ3) is 3.57. The summed E-state index contributed by atoms with van der Waals surface area (Å²) in [6, 6.07) is 4.40. The molecule has 1 rings (SSSR count). The van der Waals surface area contributed by atoms with Crippen LogP contribution in [0.3, 0.4) is 0 Å². The van der Waals surface area contributed by atoms with E-state index in [0.717, 1.165) is 0 Å². The van der Waals surface area contributed by atoms with Crippen molar-refractivity contribution < 1.29 is 4.79 Å². The quantitative estimate of drug-likeness (QED) is 0.748. The number of amides is 1. The van der Waals surface area contributed by atoms with Gasteiger partial charge in [0.1, 0.15) is 0 Å². The fourth-order valence-electron chi connectivity index (χ4n) is 1.05. The number of nitrogens with one attached hydrogen (secondary N) is 1. The molecule has 0 aromatic carbocycles. The van der Waals surface area contributed by atoms with E-state index < -0.39 is 0 Å². The van der Waals surface area contributed by atoms with Gasteiger partial charge in [-0.05, 0) is 18.4 Å². The fourth-order valence-corrected chi connectivity index (χ4v) is 1.81. The summed E-state index contributed by atoms with van der Waals surface area (Å²) >= 11 is 1.71. The predicted molar refractivity (Wildman–Crippen MR) is 54.5 cm³/mol. The van der Waals surface area contributed by atoms with Crippen LogP contribution in [0, 0.1) is 0 Å². The van der Waals surface area contributed by atoms with Gasteiger partial charge in [0.05, 0.1) is 0 Å². The summed E-state index contributed by atoms with van der Waals surface area (Å²) in [6.45, 7) is 2.72. The molecule has 0 fully saturated rings. The van der Waals surface area contributed by atoms with Crippen LogP contribution in [-0.2, 0) is 4.79 Å². The van der Waals surface area contributed by atoms with Gasteiger partial charge in [0.15, 0.2) is 0 Å². The molecule has 3 N–H and O–H groups in total. The van der Waals surface area contributed by atoms with Crippen LogP contribution >= 0.6 is 11.3 Å². The van der Waals surface area contributed by atoms with Crippen LogP contribution in [0.25, 0.3) is 0 Å². The van der Waals surface area contributed by atoms with Gasteiger partial charge in [-0.25, -0.2) is 0 Å². The Kier molecular flexibility index (Phi) is 3.92. The molecule has 1 amide bonds. The monoisotopic (exact) mass is 198 g/mol. The summed E-state index contributed by atoms with van der Waals surface area (Å²) in [5.41, 5.74) is 5.02. The summed E-state index contributed by atoms with van der Waals surface area (Å²) in [6.07, 6.45) is 0.399. The highest BCUT2D eigenvalue weighted by Crippen LogP contribution is 2.17. The van der Waals surface area contributed by atoms with Crippen molar-refractivity contribution in [2.24, 2.45) is 5.73 Å². The highest BCUT2D eigenvalue weighted by molar-refractivity contribution is 7.10. The summed E-state index contributed by atoms with van der Waals surface area (Å²) in [5, 5.41) is 5.27. The molecule has 13 heavy (non-hydrogen) atoms. The first-order valence-corrected chi connectivity index (χ1v) is 5.13. The van der Waals surface area contributed by atoms with Crippen molar-refractivity contribution in [2.75, 3.05) is 6.54 Å². The highest BCUT2D eigenvalue weighted by Gasteiger charge is 2.04. The van der Waals surface area contributed by atoms with Crippen molar-refractivity contribution in [1.82, 2.24) is 5.32 Å². The zero-order chi connectivity index (χ0) is 9.68. The molecule has 72 valence electrons. The van der Waals surface area contributed by atoms with Crippen molar-refractivity contribution in [3.8, 4) is 0 Å². The third-order valence-electron chi connectivity index (χ3n) is 1.79. The van der Waals surface area contributed by atoms with E-state index in [1.807, 2.05) is 11.4 Å². The van der Waals surface area contributed by atoms with Gasteiger partial charge >= 0.3 is 0 Å². The van der Waals surface area contributed by atoms with Crippen molar-refractivity contribution in [3.05, 3.63) is 22.4 Å². The van der Waals surface area contributed by atoms with Gasteiger partial charge < -0.3 is 11.1 Å². The lowest BCUT2D eigenvalue weighted by atomic mass is 10.2. The number of rotatable bonds is 5. The largest absolute Gasteiger partial charge is 0.370 e. The molecule has 0 aliphatic heterocycles. The number of carbonyl (C=O) groups is 1. The van der Waals surface area contributed by atoms with Crippen molar-refractivity contribution in [1.29, 1.82) is 0 Å². The number of hydrogen-bond donors (Lipinski definition) is 2. The van der Waals surface area contributed by atoms with Gasteiger partial charge in [-0.1, -0.05) is 6.07 Å². The Morgan fingerprint density at radius 1 is 1.77 bits per heavy atom. The molecule has 0 aliphatic rings. The maximum atomic E-state index is 10.5. The Labute approximate surface area is 81.9 Å². The maximum absolute atomic E-state index is 10.5. The predicted octanol–water partition coefficient (Wildman–Crippen LogP) is 1.27. The number of nitrogens with two attached hydrogens (primary N) is 1. The molecule has 1 aromatic rings. The van der Waals surface area contributed by atoms with Gasteiger partial charge in [0.25, 0.3) is 0 Å². The molecular formula is C9H14N2OS. The molecular weight excluding hydrogens is 184 g/mol. The zero-order valence-corrected chi connectivity index (χ0v) is 8.43. The summed E-state index contributed by atoms with van der Waals surface area (Å²) in [7, 11) is 0. The molecule has 3 nitrogen and oxygen atoms in total. The molecule has 1 heterocycles. The minimum absolute atomic E-state index is 0.258. The first kappa shape index (κ1) is 10.2. The molecule has 0 unspecified atom stereocenters. The van der Waals surface area contributed by atoms with Gasteiger partial charge in [0, 0.05) is 23.9 Å². The van der Waals surface area contributed by atoms with Crippen LogP contribution in [0.4, 0.5) is 0 Å². The van der Waals surface area contributed by atoms with Crippen LogP contribution in [0.2, 0.25) is 0 Å². The van der Waals surface area contributed by atoms with Crippen LogP contribution in [-0.4, -0.2) is 12.5 Å². The molecule has 0 saturated heterocycles. The Morgan fingerprint density at radius 2 is 2.54 bits per heavy atom. The lowest BCUT2D eigenvalue weighted by Gasteiger charge is -2.10. The fraction of sp³-hybridized carbons (Fsp3) is 0.444. The number of hydrogen-bond acceptors (Lipinski definition) is 3. The molecule has 0 saturated carbocycles. The van der Waals surface area contributed by atoms with E-state index in [-0.39, 0.29) is 5.91 Å². The average molecular weight is 198 g/mol. The Bertz CT molecular complexity index is 259. The van der Waals surface area contributed by atoms with Crippen LogP contribution in [0.15, 0.2) is 17.5 Å². The molecule has 1 atom stereocenters. The van der Waals surface area contributed by atoms with Gasteiger partial charge in [-0.15, -0.1) is 11.3 Å². The second kappa shape index (κ2) is 4.99. The van der Waals surface area contributed by atoms with Gasteiger partial charge in [-0.3, -0.25) is 4.79 Å². The van der Waals surface area contributed by atoms with E-state index in [4.69, 9.17) is 5.73 Å². The standard InChI is InChI=1S/C9H14N2OS/c1-7(8-3-2-6-13-8)11-5-4-9(10)12/h2-3,6-7,11H,4-5H2,1H3,(H2,10,12)/t7-/m0/s1. The zero-order valence-electron chi connectivity index (χ0n) is 7.62. The molecule has 1 aromatic heterocycles. The SMILES string of the molecule is C[C@H](NCCC(N)=O)c1cccs1. The van der Waals surface area contributed by atoms with E-state index >= 15 is 0 Å². The topological polar surface area (TPSA) is 55.1 Å². The maximum Gasteiger partial charge on any atom is 0.218 e. The van der Waals surface area contributed by atoms with Gasteiger partial charge in [0.2, 0.25) is 5.91 Å². The summed E-state index contributed by atoms with van der Waals surface area (Å²) in [5.74, 6) is -0.258. The Hall–Kier alpha value is -0.870. The van der Waals surface area contributed by atoms with Crippen LogP contribution in [0.5, 0.6) is 0 Å². The summed E-state index contributed by atoms with van der Waals surface area (Å²) < 4.78 is 0. The first-order valence-electron chi connectivity index (χ1n) is 4.25. The number of primary amides is 1. The van der Waals surface area contributed by atoms with Crippen LogP contribution in [0.1, 0.15) is 24.3 Å². The minimum atomic E-state index is -0.258. The molecule has 0 aliphatic carbocycles. The van der Waals surface area contributed by atoms with Crippen molar-refractivity contribution in [2.45, 2.75) is 19.4 Å². The van der Waals surface area contributed by atoms with Crippen molar-refractivity contribution >= 4 is 17.2 Å². The lowest BCUT2D eigenvalue weighted by Crippen LogP contribution is -2.24. The second-order valence-corrected chi connectivity index (χ2v) is 3.89. The normalized spacial score (nSPS) is 12.7. The highest BCUT2D eigenvalue weighted by atomic mass is 32.1. The Morgan fingerprint density at radius 3 is 3.08 bits per heavy atom.